The summed E-state index contributed by atoms with van der Waals surface area (Å²) in [6, 6.07) is 14.7. The lowest BCUT2D eigenvalue weighted by molar-refractivity contribution is 0.239. The number of aromatic nitrogens is 1. The van der Waals surface area contributed by atoms with Crippen molar-refractivity contribution in [3.05, 3.63) is 65.0 Å². The van der Waals surface area contributed by atoms with E-state index in [-0.39, 0.29) is 0 Å². The van der Waals surface area contributed by atoms with Crippen LogP contribution in [-0.2, 0) is 6.54 Å². The molecule has 0 unspecified atom stereocenters. The minimum absolute atomic E-state index is 0.342. The van der Waals surface area contributed by atoms with Crippen molar-refractivity contribution in [3.8, 4) is 23.0 Å². The van der Waals surface area contributed by atoms with Crippen LogP contribution in [0.3, 0.4) is 0 Å². The van der Waals surface area contributed by atoms with E-state index in [1.54, 1.807) is 14.2 Å². The second-order valence-electron chi connectivity index (χ2n) is 7.58. The monoisotopic (exact) mass is 392 g/mol. The van der Waals surface area contributed by atoms with Crippen LogP contribution in [0.2, 0.25) is 0 Å². The summed E-state index contributed by atoms with van der Waals surface area (Å²) in [5.74, 6) is 3.36. The third kappa shape index (κ3) is 3.87. The van der Waals surface area contributed by atoms with Crippen LogP contribution in [0.1, 0.15) is 41.5 Å². The summed E-state index contributed by atoms with van der Waals surface area (Å²) in [6.45, 7) is 5.84. The summed E-state index contributed by atoms with van der Waals surface area (Å²) in [6.07, 6.45) is 2.30. The van der Waals surface area contributed by atoms with E-state index in [1.807, 2.05) is 38.1 Å². The highest BCUT2D eigenvalue weighted by molar-refractivity contribution is 5.57. The lowest BCUT2D eigenvalue weighted by Crippen LogP contribution is -2.23. The van der Waals surface area contributed by atoms with Gasteiger partial charge in [0.15, 0.2) is 0 Å². The molecule has 3 aromatic rings. The van der Waals surface area contributed by atoms with E-state index in [9.17, 15) is 0 Å². The van der Waals surface area contributed by atoms with Crippen LogP contribution in [-0.4, -0.2) is 30.6 Å². The Morgan fingerprint density at radius 3 is 2.62 bits per heavy atom. The van der Waals surface area contributed by atoms with Crippen LogP contribution in [0.5, 0.6) is 11.5 Å². The molecule has 152 valence electrons. The SMILES string of the molecule is COc1ccc(-c2nc(CN3CCC[C@H]3c3ccccc3OC)c(C)o2)cc1C. The Bertz CT molecular complexity index is 996. The maximum absolute atomic E-state index is 6.02. The van der Waals surface area contributed by atoms with Gasteiger partial charge in [-0.25, -0.2) is 4.98 Å². The molecule has 1 aliphatic heterocycles. The number of nitrogens with zero attached hydrogens (tertiary/aromatic N) is 2. The smallest absolute Gasteiger partial charge is 0.226 e. The Morgan fingerprint density at radius 2 is 1.86 bits per heavy atom. The summed E-state index contributed by atoms with van der Waals surface area (Å²) in [5, 5.41) is 0. The second kappa shape index (κ2) is 8.29. The quantitative estimate of drug-likeness (QED) is 0.569. The van der Waals surface area contributed by atoms with Gasteiger partial charge in [-0.15, -0.1) is 0 Å². The molecule has 2 heterocycles. The van der Waals surface area contributed by atoms with Gasteiger partial charge in [-0.05, 0) is 63.1 Å². The number of aryl methyl sites for hydroxylation is 2. The first kappa shape index (κ1) is 19.5. The van der Waals surface area contributed by atoms with E-state index in [4.69, 9.17) is 18.9 Å². The van der Waals surface area contributed by atoms with Gasteiger partial charge in [0.1, 0.15) is 17.3 Å². The topological polar surface area (TPSA) is 47.7 Å². The Hall–Kier alpha value is -2.79. The van der Waals surface area contributed by atoms with Gasteiger partial charge in [-0.3, -0.25) is 4.90 Å². The van der Waals surface area contributed by atoms with E-state index < -0.39 is 0 Å². The molecule has 0 aliphatic carbocycles. The van der Waals surface area contributed by atoms with Crippen LogP contribution >= 0.6 is 0 Å². The molecule has 1 aromatic heterocycles. The highest BCUT2D eigenvalue weighted by Crippen LogP contribution is 2.38. The van der Waals surface area contributed by atoms with Gasteiger partial charge in [-0.2, -0.15) is 0 Å². The molecule has 0 saturated carbocycles. The standard InChI is InChI=1S/C24H28N2O3/c1-16-14-18(11-12-22(16)27-3)24-25-20(17(2)29-24)15-26-13-7-9-21(26)19-8-5-6-10-23(19)28-4/h5-6,8,10-12,14,21H,7,9,13,15H2,1-4H3/t21-/m0/s1. The van der Waals surface area contributed by atoms with Gasteiger partial charge in [0.25, 0.3) is 0 Å². The zero-order valence-corrected chi connectivity index (χ0v) is 17.6. The molecule has 4 rings (SSSR count). The molecule has 0 spiro atoms. The van der Waals surface area contributed by atoms with Gasteiger partial charge in [0, 0.05) is 23.7 Å². The molecule has 5 heteroatoms. The summed E-state index contributed by atoms with van der Waals surface area (Å²) >= 11 is 0. The van der Waals surface area contributed by atoms with Crippen molar-refractivity contribution in [1.82, 2.24) is 9.88 Å². The zero-order valence-electron chi connectivity index (χ0n) is 17.6. The fraction of sp³-hybridized carbons (Fsp3) is 0.375. The lowest BCUT2D eigenvalue weighted by Gasteiger charge is -2.25. The van der Waals surface area contributed by atoms with Crippen LogP contribution < -0.4 is 9.47 Å². The van der Waals surface area contributed by atoms with Crippen molar-refractivity contribution in [2.45, 2.75) is 39.3 Å². The average Bonchev–Trinajstić information content (AvgIpc) is 3.35. The number of likely N-dealkylation sites (tertiary alicyclic amines) is 1. The maximum atomic E-state index is 6.02. The minimum atomic E-state index is 0.342. The molecule has 29 heavy (non-hydrogen) atoms. The number of oxazole rings is 1. The molecular weight excluding hydrogens is 364 g/mol. The number of hydrogen-bond acceptors (Lipinski definition) is 5. The summed E-state index contributed by atoms with van der Waals surface area (Å²) in [4.78, 5) is 7.31. The Labute approximate surface area is 172 Å². The number of para-hydroxylation sites is 1. The Balaban J connectivity index is 1.57. The van der Waals surface area contributed by atoms with Crippen molar-refractivity contribution in [1.29, 1.82) is 0 Å². The van der Waals surface area contributed by atoms with Crippen molar-refractivity contribution < 1.29 is 13.9 Å². The highest BCUT2D eigenvalue weighted by Gasteiger charge is 2.29. The first-order valence-electron chi connectivity index (χ1n) is 10.1. The van der Waals surface area contributed by atoms with Crippen molar-refractivity contribution in [3.63, 3.8) is 0 Å². The molecular formula is C24H28N2O3. The van der Waals surface area contributed by atoms with Crippen LogP contribution in [0.15, 0.2) is 46.9 Å². The van der Waals surface area contributed by atoms with E-state index in [0.29, 0.717) is 11.9 Å². The van der Waals surface area contributed by atoms with Crippen molar-refractivity contribution in [2.24, 2.45) is 0 Å². The molecule has 0 N–H and O–H groups in total. The lowest BCUT2D eigenvalue weighted by atomic mass is 10.0. The number of methoxy groups -OCH3 is 2. The van der Waals surface area contributed by atoms with E-state index >= 15 is 0 Å². The van der Waals surface area contributed by atoms with E-state index in [2.05, 4.69) is 23.1 Å². The first-order valence-corrected chi connectivity index (χ1v) is 10.1. The van der Waals surface area contributed by atoms with Gasteiger partial charge in [0.05, 0.1) is 19.9 Å². The molecule has 0 amide bonds. The number of rotatable bonds is 6. The number of ether oxygens (including phenoxy) is 2. The second-order valence-corrected chi connectivity index (χ2v) is 7.58. The van der Waals surface area contributed by atoms with Crippen LogP contribution in [0.4, 0.5) is 0 Å². The minimum Gasteiger partial charge on any atom is -0.496 e. The van der Waals surface area contributed by atoms with Crippen LogP contribution in [0.25, 0.3) is 11.5 Å². The summed E-state index contributed by atoms with van der Waals surface area (Å²) < 4.78 is 17.0. The molecule has 1 fully saturated rings. The van der Waals surface area contributed by atoms with Gasteiger partial charge in [-0.1, -0.05) is 18.2 Å². The van der Waals surface area contributed by atoms with Crippen molar-refractivity contribution >= 4 is 0 Å². The molecule has 1 saturated heterocycles. The molecule has 0 bridgehead atoms. The predicted molar refractivity (Wildman–Crippen MR) is 113 cm³/mol. The molecule has 0 radical (unpaired) electrons. The van der Waals surface area contributed by atoms with Gasteiger partial charge >= 0.3 is 0 Å². The van der Waals surface area contributed by atoms with E-state index in [0.717, 1.165) is 53.6 Å². The predicted octanol–water partition coefficient (Wildman–Crippen LogP) is 5.31. The Kier molecular flexibility index (Phi) is 5.58. The molecule has 1 atom stereocenters. The Morgan fingerprint density at radius 1 is 1.07 bits per heavy atom. The zero-order chi connectivity index (χ0) is 20.4. The molecule has 1 aliphatic rings. The largest absolute Gasteiger partial charge is 0.496 e. The van der Waals surface area contributed by atoms with E-state index in [1.165, 1.54) is 12.0 Å². The number of benzene rings is 2. The third-order valence-corrected chi connectivity index (χ3v) is 5.75. The summed E-state index contributed by atoms with van der Waals surface area (Å²) in [5.41, 5.74) is 4.29. The highest BCUT2D eigenvalue weighted by atomic mass is 16.5. The van der Waals surface area contributed by atoms with Gasteiger partial charge < -0.3 is 13.9 Å². The van der Waals surface area contributed by atoms with Crippen molar-refractivity contribution in [2.75, 3.05) is 20.8 Å². The van der Waals surface area contributed by atoms with Crippen LogP contribution in [0, 0.1) is 13.8 Å². The molecule has 5 nitrogen and oxygen atoms in total. The first-order chi connectivity index (χ1) is 14.1. The fourth-order valence-electron chi connectivity index (χ4n) is 4.21. The number of hydrogen-bond donors (Lipinski definition) is 0. The average molecular weight is 392 g/mol. The fourth-order valence-corrected chi connectivity index (χ4v) is 4.21. The molecule has 2 aromatic carbocycles. The third-order valence-electron chi connectivity index (χ3n) is 5.75. The maximum Gasteiger partial charge on any atom is 0.226 e. The summed E-state index contributed by atoms with van der Waals surface area (Å²) in [7, 11) is 3.42. The van der Waals surface area contributed by atoms with Gasteiger partial charge in [0.2, 0.25) is 5.89 Å². The normalized spacial score (nSPS) is 16.9.